The van der Waals surface area contributed by atoms with Crippen molar-refractivity contribution < 1.29 is 13.2 Å². The van der Waals surface area contributed by atoms with Crippen LogP contribution in [0, 0.1) is 11.3 Å². The molecule has 0 amide bonds. The molecule has 0 fully saturated rings. The van der Waals surface area contributed by atoms with Gasteiger partial charge in [0.2, 0.25) is 0 Å². The smallest absolute Gasteiger partial charge is 0.381 e. The molecule has 2 rings (SSSR count). The second-order valence-electron chi connectivity index (χ2n) is 4.85. The normalized spacial score (nSPS) is 11.0. The van der Waals surface area contributed by atoms with Crippen molar-refractivity contribution in [3.63, 3.8) is 0 Å². The summed E-state index contributed by atoms with van der Waals surface area (Å²) in [6.07, 6.45) is -3.68. The van der Waals surface area contributed by atoms with Crippen molar-refractivity contribution in [1.82, 2.24) is 0 Å². The predicted molar refractivity (Wildman–Crippen MR) is 79.3 cm³/mol. The summed E-state index contributed by atoms with van der Waals surface area (Å²) in [6, 6.07) is 13.0. The lowest BCUT2D eigenvalue weighted by Gasteiger charge is -2.13. The quantitative estimate of drug-likeness (QED) is 0.884. The highest BCUT2D eigenvalue weighted by Gasteiger charge is 2.33. The van der Waals surface area contributed by atoms with Gasteiger partial charge in [-0.1, -0.05) is 31.2 Å². The molecule has 0 aromatic heterocycles. The lowest BCUT2D eigenvalue weighted by molar-refractivity contribution is -0.137. The van der Waals surface area contributed by atoms with Crippen LogP contribution < -0.4 is 5.32 Å². The third-order valence-electron chi connectivity index (χ3n) is 3.43. The van der Waals surface area contributed by atoms with Crippen LogP contribution in [0.2, 0.25) is 0 Å². The van der Waals surface area contributed by atoms with Crippen LogP contribution in [-0.2, 0) is 19.1 Å². The van der Waals surface area contributed by atoms with Crippen LogP contribution in [0.4, 0.5) is 18.9 Å². The van der Waals surface area contributed by atoms with Crippen LogP contribution >= 0.6 is 0 Å². The summed E-state index contributed by atoms with van der Waals surface area (Å²) in [5, 5.41) is 11.8. The van der Waals surface area contributed by atoms with Crippen molar-refractivity contribution in [3.8, 4) is 6.07 Å². The predicted octanol–water partition coefficient (Wildman–Crippen LogP) is 4.75. The molecule has 1 N–H and O–H groups in total. The molecule has 0 unspecified atom stereocenters. The minimum Gasteiger partial charge on any atom is -0.381 e. The summed E-state index contributed by atoms with van der Waals surface area (Å²) in [7, 11) is 0. The Morgan fingerprint density at radius 1 is 1.09 bits per heavy atom. The van der Waals surface area contributed by atoms with E-state index in [-0.39, 0.29) is 5.56 Å². The molecular formula is C17H15F3N2. The molecule has 0 aliphatic heterocycles. The number of nitrogens with one attached hydrogen (secondary N) is 1. The fourth-order valence-corrected chi connectivity index (χ4v) is 2.26. The third kappa shape index (κ3) is 3.59. The van der Waals surface area contributed by atoms with E-state index in [4.69, 9.17) is 5.26 Å². The molecule has 22 heavy (non-hydrogen) atoms. The molecule has 0 bridgehead atoms. The zero-order valence-electron chi connectivity index (χ0n) is 12.0. The summed E-state index contributed by atoms with van der Waals surface area (Å²) in [6.45, 7) is 2.47. The zero-order valence-corrected chi connectivity index (χ0v) is 12.0. The molecule has 114 valence electrons. The Labute approximate surface area is 127 Å². The fourth-order valence-electron chi connectivity index (χ4n) is 2.26. The molecule has 0 saturated carbocycles. The number of hydrogen-bond donors (Lipinski definition) is 1. The van der Waals surface area contributed by atoms with Crippen LogP contribution in [0.1, 0.15) is 29.2 Å². The largest absolute Gasteiger partial charge is 0.417 e. The monoisotopic (exact) mass is 304 g/mol. The van der Waals surface area contributed by atoms with E-state index >= 15 is 0 Å². The highest BCUT2D eigenvalue weighted by molar-refractivity contribution is 5.53. The summed E-state index contributed by atoms with van der Waals surface area (Å²) in [5.74, 6) is 0. The van der Waals surface area contributed by atoms with Gasteiger partial charge in [0, 0.05) is 12.2 Å². The molecule has 0 radical (unpaired) electrons. The highest BCUT2D eigenvalue weighted by atomic mass is 19.4. The van der Waals surface area contributed by atoms with E-state index in [9.17, 15) is 13.2 Å². The number of nitrogens with zero attached hydrogens (tertiary/aromatic N) is 1. The van der Waals surface area contributed by atoms with E-state index in [1.165, 1.54) is 12.1 Å². The van der Waals surface area contributed by atoms with Gasteiger partial charge in [0.1, 0.15) is 0 Å². The van der Waals surface area contributed by atoms with E-state index in [0.29, 0.717) is 12.2 Å². The molecule has 0 aliphatic carbocycles. The maximum absolute atomic E-state index is 12.9. The standard InChI is InChI=1S/C17H15F3N2/c1-2-12-5-3-4-6-14(12)11-22-15-8-7-13(10-21)16(9-15)17(18,19)20/h3-9,22H,2,11H2,1H3. The number of aryl methyl sites for hydroxylation is 1. The molecule has 2 aromatic rings. The molecule has 2 aromatic carbocycles. The average Bonchev–Trinajstić information content (AvgIpc) is 2.52. The molecule has 0 atom stereocenters. The van der Waals surface area contributed by atoms with E-state index in [1.807, 2.05) is 31.2 Å². The topological polar surface area (TPSA) is 35.8 Å². The number of anilines is 1. The zero-order chi connectivity index (χ0) is 16.2. The lowest BCUT2D eigenvalue weighted by Crippen LogP contribution is -2.09. The minimum atomic E-state index is -4.54. The Balaban J connectivity index is 2.22. The number of hydrogen-bond acceptors (Lipinski definition) is 2. The van der Waals surface area contributed by atoms with Crippen LogP contribution in [0.15, 0.2) is 42.5 Å². The number of nitriles is 1. The van der Waals surface area contributed by atoms with Gasteiger partial charge in [-0.15, -0.1) is 0 Å². The van der Waals surface area contributed by atoms with Gasteiger partial charge in [0.25, 0.3) is 0 Å². The second-order valence-corrected chi connectivity index (χ2v) is 4.85. The van der Waals surface area contributed by atoms with Crippen LogP contribution in [0.3, 0.4) is 0 Å². The van der Waals surface area contributed by atoms with Gasteiger partial charge < -0.3 is 5.32 Å². The van der Waals surface area contributed by atoms with Crippen molar-refractivity contribution in [3.05, 3.63) is 64.7 Å². The Bertz CT molecular complexity index is 700. The molecule has 5 heteroatoms. The first-order valence-electron chi connectivity index (χ1n) is 6.87. The molecule has 2 nitrogen and oxygen atoms in total. The molecule has 0 aliphatic rings. The van der Waals surface area contributed by atoms with Gasteiger partial charge in [0.15, 0.2) is 0 Å². The van der Waals surface area contributed by atoms with Gasteiger partial charge in [-0.25, -0.2) is 0 Å². The summed E-state index contributed by atoms with van der Waals surface area (Å²) in [5.41, 5.74) is 1.26. The molecular weight excluding hydrogens is 289 g/mol. The molecule has 0 spiro atoms. The van der Waals surface area contributed by atoms with Gasteiger partial charge in [-0.05, 0) is 35.7 Å². The maximum atomic E-state index is 12.9. The van der Waals surface area contributed by atoms with Gasteiger partial charge >= 0.3 is 6.18 Å². The van der Waals surface area contributed by atoms with Crippen LogP contribution in [0.25, 0.3) is 0 Å². The van der Waals surface area contributed by atoms with E-state index in [2.05, 4.69) is 5.32 Å². The van der Waals surface area contributed by atoms with E-state index in [1.54, 1.807) is 6.07 Å². The van der Waals surface area contributed by atoms with E-state index in [0.717, 1.165) is 23.6 Å². The maximum Gasteiger partial charge on any atom is 0.417 e. The molecule has 0 saturated heterocycles. The summed E-state index contributed by atoms with van der Waals surface area (Å²) >= 11 is 0. The van der Waals surface area contributed by atoms with Gasteiger partial charge in [-0.3, -0.25) is 0 Å². The van der Waals surface area contributed by atoms with E-state index < -0.39 is 11.7 Å². The van der Waals surface area contributed by atoms with Crippen molar-refractivity contribution in [2.24, 2.45) is 0 Å². The lowest BCUT2D eigenvalue weighted by atomic mass is 10.0. The number of alkyl halides is 3. The molecule has 0 heterocycles. The number of halogens is 3. The second kappa shape index (κ2) is 6.52. The van der Waals surface area contributed by atoms with Crippen molar-refractivity contribution in [1.29, 1.82) is 5.26 Å². The first-order chi connectivity index (χ1) is 10.5. The van der Waals surface area contributed by atoms with Crippen molar-refractivity contribution in [2.75, 3.05) is 5.32 Å². The van der Waals surface area contributed by atoms with Crippen LogP contribution in [0.5, 0.6) is 0 Å². The van der Waals surface area contributed by atoms with Crippen molar-refractivity contribution in [2.45, 2.75) is 26.1 Å². The fraction of sp³-hybridized carbons (Fsp3) is 0.235. The van der Waals surface area contributed by atoms with Crippen LogP contribution in [-0.4, -0.2) is 0 Å². The highest BCUT2D eigenvalue weighted by Crippen LogP contribution is 2.33. The first-order valence-corrected chi connectivity index (χ1v) is 6.87. The average molecular weight is 304 g/mol. The summed E-state index contributed by atoms with van der Waals surface area (Å²) < 4.78 is 38.8. The first kappa shape index (κ1) is 15.9. The Morgan fingerprint density at radius 3 is 2.36 bits per heavy atom. The Kier molecular flexibility index (Phi) is 4.71. The third-order valence-corrected chi connectivity index (χ3v) is 3.43. The van der Waals surface area contributed by atoms with Gasteiger partial charge in [0.05, 0.1) is 17.2 Å². The minimum absolute atomic E-state index is 0.345. The number of rotatable bonds is 4. The number of benzene rings is 2. The summed E-state index contributed by atoms with van der Waals surface area (Å²) in [4.78, 5) is 0. The SMILES string of the molecule is CCc1ccccc1CNc1ccc(C#N)c(C(F)(F)F)c1. The van der Waals surface area contributed by atoms with Gasteiger partial charge in [-0.2, -0.15) is 18.4 Å². The Hall–Kier alpha value is -2.48. The Morgan fingerprint density at radius 2 is 1.77 bits per heavy atom. The van der Waals surface area contributed by atoms with Crippen molar-refractivity contribution >= 4 is 5.69 Å².